The van der Waals surface area contributed by atoms with Crippen molar-refractivity contribution in [2.75, 3.05) is 25.6 Å². The summed E-state index contributed by atoms with van der Waals surface area (Å²) >= 11 is 0. The normalized spacial score (nSPS) is 16.8. The number of imidazole rings is 1. The van der Waals surface area contributed by atoms with Crippen molar-refractivity contribution in [1.82, 2.24) is 9.55 Å². The lowest BCUT2D eigenvalue weighted by atomic mass is 10.1. The highest BCUT2D eigenvalue weighted by molar-refractivity contribution is 5.38. The van der Waals surface area contributed by atoms with Gasteiger partial charge >= 0.3 is 0 Å². The molecule has 1 aliphatic heterocycles. The van der Waals surface area contributed by atoms with E-state index in [1.807, 2.05) is 22.9 Å². The van der Waals surface area contributed by atoms with E-state index in [0.717, 1.165) is 31.2 Å². The van der Waals surface area contributed by atoms with E-state index < -0.39 is 0 Å². The molecule has 106 valence electrons. The number of nitrogens with zero attached hydrogens (tertiary/aromatic N) is 2. The van der Waals surface area contributed by atoms with Crippen LogP contribution in [0.15, 0.2) is 36.7 Å². The van der Waals surface area contributed by atoms with Gasteiger partial charge in [-0.05, 0) is 11.6 Å². The van der Waals surface area contributed by atoms with Crippen LogP contribution in [0.3, 0.4) is 0 Å². The van der Waals surface area contributed by atoms with Crippen LogP contribution in [0.2, 0.25) is 0 Å². The summed E-state index contributed by atoms with van der Waals surface area (Å²) in [7, 11) is 1.70. The van der Waals surface area contributed by atoms with Crippen LogP contribution < -0.4 is 10.1 Å². The van der Waals surface area contributed by atoms with Gasteiger partial charge in [-0.3, -0.25) is 0 Å². The van der Waals surface area contributed by atoms with Crippen molar-refractivity contribution in [2.24, 2.45) is 0 Å². The molecule has 1 aliphatic rings. The van der Waals surface area contributed by atoms with E-state index in [0.29, 0.717) is 6.61 Å². The molecule has 0 amide bonds. The number of anilines is 1. The highest BCUT2D eigenvalue weighted by atomic mass is 16.5. The molecule has 0 saturated heterocycles. The highest BCUT2D eigenvalue weighted by Crippen LogP contribution is 2.28. The number of hydrogen-bond acceptors (Lipinski definition) is 4. The van der Waals surface area contributed by atoms with E-state index in [4.69, 9.17) is 9.47 Å². The Labute approximate surface area is 118 Å². The fourth-order valence-electron chi connectivity index (χ4n) is 2.42. The fourth-order valence-corrected chi connectivity index (χ4v) is 2.42. The number of benzene rings is 1. The number of aromatic nitrogens is 2. The Kier molecular flexibility index (Phi) is 3.87. The zero-order chi connectivity index (χ0) is 13.8. The molecule has 0 spiro atoms. The second kappa shape index (κ2) is 5.96. The predicted octanol–water partition coefficient (Wildman–Crippen LogP) is 1.95. The molecule has 2 heterocycles. The topological polar surface area (TPSA) is 48.3 Å². The van der Waals surface area contributed by atoms with Crippen LogP contribution in [-0.2, 0) is 17.7 Å². The lowest BCUT2D eigenvalue weighted by molar-refractivity contribution is 0.187. The standard InChI is InChI=1S/C15H19N3O2/c1-19-9-8-18-7-6-16-15(18)17-11-13-10-12-4-2-3-5-14(12)20-13/h2-7,13H,8-11H2,1H3,(H,16,17). The molecule has 5 nitrogen and oxygen atoms in total. The minimum Gasteiger partial charge on any atom is -0.488 e. The SMILES string of the molecule is COCCn1ccnc1NCC1Cc2ccccc2O1. The molecule has 5 heteroatoms. The molecular weight excluding hydrogens is 254 g/mol. The molecule has 1 aromatic carbocycles. The third-order valence-corrected chi connectivity index (χ3v) is 3.45. The number of ether oxygens (including phenoxy) is 2. The maximum absolute atomic E-state index is 5.90. The fraction of sp³-hybridized carbons (Fsp3) is 0.400. The van der Waals surface area contributed by atoms with E-state index in [2.05, 4.69) is 22.4 Å². The second-order valence-corrected chi connectivity index (χ2v) is 4.87. The number of hydrogen-bond donors (Lipinski definition) is 1. The quantitative estimate of drug-likeness (QED) is 0.874. The van der Waals surface area contributed by atoms with Gasteiger partial charge in [-0.15, -0.1) is 0 Å². The molecule has 0 saturated carbocycles. The van der Waals surface area contributed by atoms with E-state index in [1.54, 1.807) is 13.3 Å². The van der Waals surface area contributed by atoms with Gasteiger partial charge < -0.3 is 19.4 Å². The van der Waals surface area contributed by atoms with Crippen LogP contribution in [0.5, 0.6) is 5.75 Å². The molecule has 1 atom stereocenters. The first-order valence-corrected chi connectivity index (χ1v) is 6.85. The monoisotopic (exact) mass is 273 g/mol. The maximum Gasteiger partial charge on any atom is 0.202 e. The first kappa shape index (κ1) is 13.0. The van der Waals surface area contributed by atoms with Crippen LogP contribution in [0.25, 0.3) is 0 Å². The van der Waals surface area contributed by atoms with E-state index in [9.17, 15) is 0 Å². The smallest absolute Gasteiger partial charge is 0.202 e. The number of fused-ring (bicyclic) bond motifs is 1. The summed E-state index contributed by atoms with van der Waals surface area (Å²) in [5.74, 6) is 1.86. The van der Waals surface area contributed by atoms with Gasteiger partial charge in [0.15, 0.2) is 0 Å². The average molecular weight is 273 g/mol. The Morgan fingerprint density at radius 2 is 2.35 bits per heavy atom. The summed E-state index contributed by atoms with van der Waals surface area (Å²) in [6.07, 6.45) is 4.86. The summed E-state index contributed by atoms with van der Waals surface area (Å²) in [6, 6.07) is 8.20. The van der Waals surface area contributed by atoms with Gasteiger partial charge in [0.2, 0.25) is 5.95 Å². The Hall–Kier alpha value is -2.01. The molecule has 1 unspecified atom stereocenters. The molecule has 1 N–H and O–H groups in total. The summed E-state index contributed by atoms with van der Waals surface area (Å²) in [5.41, 5.74) is 1.28. The van der Waals surface area contributed by atoms with Gasteiger partial charge in [0.25, 0.3) is 0 Å². The van der Waals surface area contributed by atoms with Crippen molar-refractivity contribution in [2.45, 2.75) is 19.1 Å². The van der Waals surface area contributed by atoms with E-state index in [-0.39, 0.29) is 6.10 Å². The third kappa shape index (κ3) is 2.77. The molecule has 3 rings (SSSR count). The van der Waals surface area contributed by atoms with Crippen molar-refractivity contribution < 1.29 is 9.47 Å². The molecule has 0 radical (unpaired) electrons. The summed E-state index contributed by atoms with van der Waals surface area (Å²) in [6.45, 7) is 2.22. The Bertz CT molecular complexity index is 543. The first-order chi connectivity index (χ1) is 9.86. The molecular formula is C15H19N3O2. The van der Waals surface area contributed by atoms with Crippen molar-refractivity contribution >= 4 is 5.95 Å². The van der Waals surface area contributed by atoms with Crippen molar-refractivity contribution in [3.05, 3.63) is 42.2 Å². The van der Waals surface area contributed by atoms with E-state index >= 15 is 0 Å². The number of methoxy groups -OCH3 is 1. The van der Waals surface area contributed by atoms with Gasteiger partial charge in [-0.2, -0.15) is 0 Å². The minimum absolute atomic E-state index is 0.167. The van der Waals surface area contributed by atoms with Crippen molar-refractivity contribution in [3.63, 3.8) is 0 Å². The van der Waals surface area contributed by atoms with Gasteiger partial charge in [0.1, 0.15) is 11.9 Å². The van der Waals surface area contributed by atoms with Gasteiger partial charge in [-0.25, -0.2) is 4.98 Å². The summed E-state index contributed by atoms with van der Waals surface area (Å²) in [5, 5.41) is 3.35. The Balaban J connectivity index is 1.55. The van der Waals surface area contributed by atoms with Crippen LogP contribution in [0.1, 0.15) is 5.56 Å². The maximum atomic E-state index is 5.90. The Morgan fingerprint density at radius 3 is 3.20 bits per heavy atom. The molecule has 0 bridgehead atoms. The second-order valence-electron chi connectivity index (χ2n) is 4.87. The Morgan fingerprint density at radius 1 is 1.45 bits per heavy atom. The van der Waals surface area contributed by atoms with Crippen molar-refractivity contribution in [1.29, 1.82) is 0 Å². The van der Waals surface area contributed by atoms with Crippen LogP contribution in [-0.4, -0.2) is 35.9 Å². The minimum atomic E-state index is 0.167. The lowest BCUT2D eigenvalue weighted by Crippen LogP contribution is -2.25. The van der Waals surface area contributed by atoms with Gasteiger partial charge in [0.05, 0.1) is 13.2 Å². The average Bonchev–Trinajstić information content (AvgIpc) is 3.08. The molecule has 2 aromatic rings. The largest absolute Gasteiger partial charge is 0.488 e. The van der Waals surface area contributed by atoms with Crippen LogP contribution >= 0.6 is 0 Å². The molecule has 1 aromatic heterocycles. The zero-order valence-electron chi connectivity index (χ0n) is 11.6. The van der Waals surface area contributed by atoms with Crippen LogP contribution in [0.4, 0.5) is 5.95 Å². The number of nitrogens with one attached hydrogen (secondary N) is 1. The van der Waals surface area contributed by atoms with Crippen LogP contribution in [0, 0.1) is 0 Å². The molecule has 0 fully saturated rings. The third-order valence-electron chi connectivity index (χ3n) is 3.45. The highest BCUT2D eigenvalue weighted by Gasteiger charge is 2.22. The van der Waals surface area contributed by atoms with Gasteiger partial charge in [-0.1, -0.05) is 18.2 Å². The number of para-hydroxylation sites is 1. The lowest BCUT2D eigenvalue weighted by Gasteiger charge is -2.13. The summed E-state index contributed by atoms with van der Waals surface area (Å²) < 4.78 is 13.0. The zero-order valence-corrected chi connectivity index (χ0v) is 11.6. The number of rotatable bonds is 6. The predicted molar refractivity (Wildman–Crippen MR) is 77.2 cm³/mol. The molecule has 20 heavy (non-hydrogen) atoms. The van der Waals surface area contributed by atoms with E-state index in [1.165, 1.54) is 5.56 Å². The van der Waals surface area contributed by atoms with Crippen molar-refractivity contribution in [3.8, 4) is 5.75 Å². The van der Waals surface area contributed by atoms with Gasteiger partial charge in [0, 0.05) is 32.5 Å². The molecule has 0 aliphatic carbocycles. The first-order valence-electron chi connectivity index (χ1n) is 6.85. The summed E-state index contributed by atoms with van der Waals surface area (Å²) in [4.78, 5) is 4.32.